The van der Waals surface area contributed by atoms with Gasteiger partial charge in [0.05, 0.1) is 11.7 Å². The number of aromatic nitrogens is 2. The van der Waals surface area contributed by atoms with Crippen LogP contribution in [0.1, 0.15) is 17.4 Å². The van der Waals surface area contributed by atoms with Gasteiger partial charge in [0.1, 0.15) is 11.4 Å². The van der Waals surface area contributed by atoms with E-state index in [1.54, 1.807) is 11.3 Å². The first-order valence-corrected chi connectivity index (χ1v) is 10.7. The lowest BCUT2D eigenvalue weighted by atomic mass is 10.1. The summed E-state index contributed by atoms with van der Waals surface area (Å²) in [6.45, 7) is 4.03. The van der Waals surface area contributed by atoms with Crippen molar-refractivity contribution in [1.29, 1.82) is 0 Å². The summed E-state index contributed by atoms with van der Waals surface area (Å²) in [6.07, 6.45) is 2.35. The van der Waals surface area contributed by atoms with E-state index in [1.165, 1.54) is 27.1 Å². The van der Waals surface area contributed by atoms with Crippen molar-refractivity contribution < 1.29 is 4.79 Å². The fraction of sp³-hybridized carbons (Fsp3) is 0.190. The molecule has 0 spiro atoms. The van der Waals surface area contributed by atoms with Crippen LogP contribution in [0.5, 0.6) is 0 Å². The molecule has 28 heavy (non-hydrogen) atoms. The van der Waals surface area contributed by atoms with E-state index in [4.69, 9.17) is 0 Å². The van der Waals surface area contributed by atoms with Gasteiger partial charge in [-0.15, -0.1) is 22.7 Å². The molecule has 0 atom stereocenters. The summed E-state index contributed by atoms with van der Waals surface area (Å²) in [5, 5.41) is 5.40. The number of hydrogen-bond donors (Lipinski definition) is 1. The third-order valence-corrected chi connectivity index (χ3v) is 6.42. The molecular formula is C21H19N3O2S2. The summed E-state index contributed by atoms with van der Waals surface area (Å²) in [6, 6.07) is 11.8. The van der Waals surface area contributed by atoms with Gasteiger partial charge < -0.3 is 5.32 Å². The van der Waals surface area contributed by atoms with Crippen LogP contribution in [0.25, 0.3) is 20.7 Å². The average Bonchev–Trinajstić information content (AvgIpc) is 3.30. The van der Waals surface area contributed by atoms with Crippen LogP contribution in [0.3, 0.4) is 0 Å². The van der Waals surface area contributed by atoms with Crippen molar-refractivity contribution in [2.24, 2.45) is 0 Å². The normalized spacial score (nSPS) is 11.1. The molecular weight excluding hydrogens is 390 g/mol. The molecule has 1 aromatic carbocycles. The average molecular weight is 410 g/mol. The summed E-state index contributed by atoms with van der Waals surface area (Å²) in [5.41, 5.74) is 2.58. The lowest BCUT2D eigenvalue weighted by Gasteiger charge is -2.08. The Morgan fingerprint density at radius 1 is 1.25 bits per heavy atom. The Morgan fingerprint density at radius 3 is 2.86 bits per heavy atom. The first-order valence-electron chi connectivity index (χ1n) is 8.97. The van der Waals surface area contributed by atoms with Gasteiger partial charge in [-0.3, -0.25) is 14.2 Å². The first kappa shape index (κ1) is 18.6. The molecule has 142 valence electrons. The van der Waals surface area contributed by atoms with E-state index in [1.807, 2.05) is 48.7 Å². The summed E-state index contributed by atoms with van der Waals surface area (Å²) < 4.78 is 1.37. The number of hydrogen-bond acceptors (Lipinski definition) is 5. The zero-order chi connectivity index (χ0) is 19.7. The molecule has 7 heteroatoms. The second-order valence-electron chi connectivity index (χ2n) is 6.52. The van der Waals surface area contributed by atoms with Crippen LogP contribution in [0, 0.1) is 6.92 Å². The minimum atomic E-state index is -0.250. The van der Waals surface area contributed by atoms with Gasteiger partial charge in [0, 0.05) is 26.4 Å². The van der Waals surface area contributed by atoms with Crippen LogP contribution in [-0.4, -0.2) is 15.5 Å². The van der Waals surface area contributed by atoms with Gasteiger partial charge in [-0.2, -0.15) is 0 Å². The number of carbonyl (C=O) groups excluding carboxylic acids is 1. The van der Waals surface area contributed by atoms with Gasteiger partial charge >= 0.3 is 0 Å². The molecule has 0 fully saturated rings. The van der Waals surface area contributed by atoms with Crippen LogP contribution in [0.2, 0.25) is 0 Å². The van der Waals surface area contributed by atoms with E-state index in [9.17, 15) is 9.59 Å². The molecule has 1 amide bonds. The smallest absolute Gasteiger partial charge is 0.263 e. The minimum absolute atomic E-state index is 0.0725. The Morgan fingerprint density at radius 2 is 2.11 bits per heavy atom. The second kappa shape index (κ2) is 7.69. The zero-order valence-corrected chi connectivity index (χ0v) is 17.2. The van der Waals surface area contributed by atoms with E-state index >= 15 is 0 Å². The van der Waals surface area contributed by atoms with E-state index < -0.39 is 0 Å². The van der Waals surface area contributed by atoms with Crippen molar-refractivity contribution >= 4 is 44.5 Å². The number of amides is 1. The maximum Gasteiger partial charge on any atom is 0.263 e. The third-order valence-electron chi connectivity index (χ3n) is 4.50. The van der Waals surface area contributed by atoms with Crippen molar-refractivity contribution in [2.75, 3.05) is 5.32 Å². The molecule has 1 N–H and O–H groups in total. The highest BCUT2D eigenvalue weighted by molar-refractivity contribution is 7.19. The standard InChI is InChI=1S/C21H19N3O2S2/c1-3-14-5-4-6-15(9-14)23-18(25)10-24-12-22-20-19(21(24)26)16(11-27-20)17-8-7-13(2)28-17/h4-9,11-12H,3,10H2,1-2H3,(H,23,25). The molecule has 0 unspecified atom stereocenters. The van der Waals surface area contributed by atoms with Crippen LogP contribution < -0.4 is 10.9 Å². The molecule has 5 nitrogen and oxygen atoms in total. The minimum Gasteiger partial charge on any atom is -0.325 e. The SMILES string of the molecule is CCc1cccc(NC(=O)Cn2cnc3scc(-c4ccc(C)s4)c3c2=O)c1. The molecule has 3 aromatic heterocycles. The van der Waals surface area contributed by atoms with Crippen molar-refractivity contribution in [1.82, 2.24) is 9.55 Å². The lowest BCUT2D eigenvalue weighted by molar-refractivity contribution is -0.116. The molecule has 0 saturated carbocycles. The molecule has 0 aliphatic carbocycles. The Kier molecular flexibility index (Phi) is 5.11. The summed E-state index contributed by atoms with van der Waals surface area (Å²) >= 11 is 3.09. The third kappa shape index (κ3) is 3.63. The quantitative estimate of drug-likeness (QED) is 0.520. The number of anilines is 1. The highest BCUT2D eigenvalue weighted by Crippen LogP contribution is 2.34. The van der Waals surface area contributed by atoms with Gasteiger partial charge in [0.2, 0.25) is 5.91 Å². The fourth-order valence-corrected chi connectivity index (χ4v) is 4.93. The maximum atomic E-state index is 13.0. The number of thiophene rings is 2. The lowest BCUT2D eigenvalue weighted by Crippen LogP contribution is -2.27. The number of rotatable bonds is 5. The Balaban J connectivity index is 1.63. The largest absolute Gasteiger partial charge is 0.325 e. The van der Waals surface area contributed by atoms with Crippen LogP contribution in [0.4, 0.5) is 5.69 Å². The first-order chi connectivity index (χ1) is 13.5. The molecule has 0 bridgehead atoms. The van der Waals surface area contributed by atoms with E-state index in [-0.39, 0.29) is 18.0 Å². The molecule has 0 aliphatic heterocycles. The molecule has 0 aliphatic rings. The Bertz CT molecular complexity index is 1220. The predicted octanol–water partition coefficient (Wildman–Crippen LogP) is 4.70. The van der Waals surface area contributed by atoms with Crippen LogP contribution in [-0.2, 0) is 17.8 Å². The monoisotopic (exact) mass is 409 g/mol. The zero-order valence-electron chi connectivity index (χ0n) is 15.6. The highest BCUT2D eigenvalue weighted by atomic mass is 32.1. The topological polar surface area (TPSA) is 64.0 Å². The molecule has 0 radical (unpaired) electrons. The van der Waals surface area contributed by atoms with E-state index in [2.05, 4.69) is 17.2 Å². The number of benzene rings is 1. The van der Waals surface area contributed by atoms with Crippen molar-refractivity contribution in [3.8, 4) is 10.4 Å². The van der Waals surface area contributed by atoms with Gasteiger partial charge in [0.25, 0.3) is 5.56 Å². The summed E-state index contributed by atoms with van der Waals surface area (Å²) in [5.74, 6) is -0.250. The molecule has 0 saturated heterocycles. The number of fused-ring (bicyclic) bond motifs is 1. The summed E-state index contributed by atoms with van der Waals surface area (Å²) in [4.78, 5) is 32.8. The van der Waals surface area contributed by atoms with Gasteiger partial charge in [-0.05, 0) is 43.2 Å². The Labute approximate surface area is 170 Å². The van der Waals surface area contributed by atoms with Crippen molar-refractivity contribution in [3.05, 3.63) is 68.9 Å². The van der Waals surface area contributed by atoms with Gasteiger partial charge in [-0.1, -0.05) is 19.1 Å². The molecule has 3 heterocycles. The molecule has 4 aromatic rings. The fourth-order valence-electron chi connectivity index (χ4n) is 3.07. The van der Waals surface area contributed by atoms with E-state index in [0.717, 1.165) is 28.1 Å². The predicted molar refractivity (Wildman–Crippen MR) is 116 cm³/mol. The second-order valence-corrected chi connectivity index (χ2v) is 8.67. The van der Waals surface area contributed by atoms with Crippen LogP contribution in [0.15, 0.2) is 52.9 Å². The van der Waals surface area contributed by atoms with Gasteiger partial charge in [-0.25, -0.2) is 4.98 Å². The molecule has 4 rings (SSSR count). The number of nitrogens with zero attached hydrogens (tertiary/aromatic N) is 2. The van der Waals surface area contributed by atoms with E-state index in [0.29, 0.717) is 10.2 Å². The highest BCUT2D eigenvalue weighted by Gasteiger charge is 2.15. The van der Waals surface area contributed by atoms with Crippen molar-refractivity contribution in [3.63, 3.8) is 0 Å². The van der Waals surface area contributed by atoms with Crippen LogP contribution >= 0.6 is 22.7 Å². The van der Waals surface area contributed by atoms with Gasteiger partial charge in [0.15, 0.2) is 0 Å². The number of carbonyl (C=O) groups is 1. The maximum absolute atomic E-state index is 13.0. The van der Waals surface area contributed by atoms with Crippen molar-refractivity contribution in [2.45, 2.75) is 26.8 Å². The number of nitrogens with one attached hydrogen (secondary N) is 1. The Hall–Kier alpha value is -2.77. The number of aryl methyl sites for hydroxylation is 2. The summed E-state index contributed by atoms with van der Waals surface area (Å²) in [7, 11) is 0.